The molecule has 0 saturated carbocycles. The molecule has 0 unspecified atom stereocenters. The number of ether oxygens (including phenoxy) is 1. The summed E-state index contributed by atoms with van der Waals surface area (Å²) in [5.41, 5.74) is 7.58. The van der Waals surface area contributed by atoms with Gasteiger partial charge in [0.1, 0.15) is 5.75 Å². The third-order valence-corrected chi connectivity index (χ3v) is 5.30. The number of amides is 1. The third-order valence-electron chi connectivity index (χ3n) is 5.30. The maximum absolute atomic E-state index is 12.6. The van der Waals surface area contributed by atoms with Crippen molar-refractivity contribution in [3.63, 3.8) is 0 Å². The maximum atomic E-state index is 12.6. The Bertz CT molecular complexity index is 538. The van der Waals surface area contributed by atoms with Gasteiger partial charge >= 0.3 is 0 Å². The lowest BCUT2D eigenvalue weighted by Crippen LogP contribution is -2.40. The van der Waals surface area contributed by atoms with Gasteiger partial charge in [-0.15, -0.1) is 0 Å². The number of carbonyl (C=O) groups excluding carboxylic acids is 1. The normalized spacial score (nSPS) is 25.5. The van der Waals surface area contributed by atoms with Crippen molar-refractivity contribution in [3.05, 3.63) is 29.8 Å². The molecule has 2 N–H and O–H groups in total. The van der Waals surface area contributed by atoms with E-state index in [1.807, 2.05) is 17.0 Å². The molecule has 3 rings (SSSR count). The zero-order valence-electron chi connectivity index (χ0n) is 14.6. The second-order valence-corrected chi connectivity index (χ2v) is 7.03. The summed E-state index contributed by atoms with van der Waals surface area (Å²) in [6, 6.07) is 8.21. The Morgan fingerprint density at radius 3 is 2.42 bits per heavy atom. The minimum atomic E-state index is 0.0790. The predicted octanol–water partition coefficient (Wildman–Crippen LogP) is 1.82. The van der Waals surface area contributed by atoms with Crippen LogP contribution in [0.3, 0.4) is 0 Å². The molecule has 2 heterocycles. The first kappa shape index (κ1) is 17.2. The zero-order valence-corrected chi connectivity index (χ0v) is 14.6. The first-order chi connectivity index (χ1) is 11.7. The van der Waals surface area contributed by atoms with E-state index in [0.29, 0.717) is 6.54 Å². The number of benzene rings is 1. The standard InChI is InChI=1S/C19H29N3O2/c1-24-16-8-6-15(7-9-16)17-12-21(13-18(17)20)14-19(23)22-10-4-2-3-5-11-22/h6-9,17-18H,2-5,10-14,20H2,1H3/t17-,18+/m1/s1. The molecule has 0 radical (unpaired) electrons. The van der Waals surface area contributed by atoms with Gasteiger partial charge in [0.2, 0.25) is 5.91 Å². The molecule has 2 saturated heterocycles. The minimum absolute atomic E-state index is 0.0790. The number of nitrogens with two attached hydrogens (primary N) is 1. The summed E-state index contributed by atoms with van der Waals surface area (Å²) in [6.45, 7) is 3.98. The van der Waals surface area contributed by atoms with E-state index < -0.39 is 0 Å². The van der Waals surface area contributed by atoms with Crippen LogP contribution in [0, 0.1) is 0 Å². The SMILES string of the molecule is COc1ccc([C@H]2CN(CC(=O)N3CCCCCC3)C[C@@H]2N)cc1. The topological polar surface area (TPSA) is 58.8 Å². The van der Waals surface area contributed by atoms with Crippen LogP contribution in [0.1, 0.15) is 37.2 Å². The average Bonchev–Trinajstić information content (AvgIpc) is 2.80. The summed E-state index contributed by atoms with van der Waals surface area (Å²) >= 11 is 0. The molecule has 0 aliphatic carbocycles. The number of carbonyl (C=O) groups is 1. The molecule has 2 aliphatic rings. The van der Waals surface area contributed by atoms with Crippen LogP contribution in [0.25, 0.3) is 0 Å². The molecule has 24 heavy (non-hydrogen) atoms. The number of methoxy groups -OCH3 is 1. The van der Waals surface area contributed by atoms with Gasteiger partial charge in [0.05, 0.1) is 13.7 Å². The number of rotatable bonds is 4. The lowest BCUT2D eigenvalue weighted by molar-refractivity contribution is -0.132. The summed E-state index contributed by atoms with van der Waals surface area (Å²) in [6.07, 6.45) is 4.77. The monoisotopic (exact) mass is 331 g/mol. The molecule has 5 nitrogen and oxygen atoms in total. The number of nitrogens with zero attached hydrogens (tertiary/aromatic N) is 2. The summed E-state index contributed by atoms with van der Waals surface area (Å²) in [4.78, 5) is 16.8. The molecule has 132 valence electrons. The molecule has 1 aromatic rings. The van der Waals surface area contributed by atoms with E-state index in [-0.39, 0.29) is 17.9 Å². The second kappa shape index (κ2) is 7.99. The molecule has 1 aromatic carbocycles. The van der Waals surface area contributed by atoms with E-state index >= 15 is 0 Å². The van der Waals surface area contributed by atoms with Crippen molar-refractivity contribution in [1.29, 1.82) is 0 Å². The van der Waals surface area contributed by atoms with Gasteiger partial charge in [0.15, 0.2) is 0 Å². The summed E-state index contributed by atoms with van der Waals surface area (Å²) in [5, 5.41) is 0. The molecule has 2 fully saturated rings. The molecule has 0 bridgehead atoms. The fourth-order valence-corrected chi connectivity index (χ4v) is 3.86. The van der Waals surface area contributed by atoms with Crippen LogP contribution in [0.2, 0.25) is 0 Å². The van der Waals surface area contributed by atoms with Crippen LogP contribution in [-0.2, 0) is 4.79 Å². The smallest absolute Gasteiger partial charge is 0.236 e. The summed E-state index contributed by atoms with van der Waals surface area (Å²) < 4.78 is 5.22. The number of hydrogen-bond acceptors (Lipinski definition) is 4. The molecular weight excluding hydrogens is 302 g/mol. The number of hydrogen-bond donors (Lipinski definition) is 1. The number of likely N-dealkylation sites (tertiary alicyclic amines) is 2. The van der Waals surface area contributed by atoms with Gasteiger partial charge < -0.3 is 15.4 Å². The van der Waals surface area contributed by atoms with Gasteiger partial charge in [-0.2, -0.15) is 0 Å². The Morgan fingerprint density at radius 2 is 1.79 bits per heavy atom. The van der Waals surface area contributed by atoms with Crippen molar-refractivity contribution in [2.75, 3.05) is 39.8 Å². The fraction of sp³-hybridized carbons (Fsp3) is 0.632. The van der Waals surface area contributed by atoms with Crippen LogP contribution in [0.15, 0.2) is 24.3 Å². The van der Waals surface area contributed by atoms with Crippen molar-refractivity contribution >= 4 is 5.91 Å². The highest BCUT2D eigenvalue weighted by molar-refractivity contribution is 5.78. The molecule has 5 heteroatoms. The predicted molar refractivity (Wildman–Crippen MR) is 95.2 cm³/mol. The van der Waals surface area contributed by atoms with E-state index in [4.69, 9.17) is 10.5 Å². The Kier molecular flexibility index (Phi) is 5.74. The van der Waals surface area contributed by atoms with E-state index in [1.165, 1.54) is 18.4 Å². The first-order valence-corrected chi connectivity index (χ1v) is 9.07. The Labute approximate surface area is 144 Å². The quantitative estimate of drug-likeness (QED) is 0.914. The van der Waals surface area contributed by atoms with Gasteiger partial charge in [-0.05, 0) is 30.5 Å². The Hall–Kier alpha value is -1.59. The van der Waals surface area contributed by atoms with Crippen molar-refractivity contribution in [2.45, 2.75) is 37.6 Å². The van der Waals surface area contributed by atoms with E-state index in [9.17, 15) is 4.79 Å². The van der Waals surface area contributed by atoms with Crippen molar-refractivity contribution in [1.82, 2.24) is 9.80 Å². The molecule has 2 atom stereocenters. The van der Waals surface area contributed by atoms with E-state index in [2.05, 4.69) is 17.0 Å². The highest BCUT2D eigenvalue weighted by atomic mass is 16.5. The van der Waals surface area contributed by atoms with Crippen molar-refractivity contribution in [3.8, 4) is 5.75 Å². The molecule has 0 spiro atoms. The lowest BCUT2D eigenvalue weighted by Gasteiger charge is -2.24. The average molecular weight is 331 g/mol. The summed E-state index contributed by atoms with van der Waals surface area (Å²) in [5.74, 6) is 1.41. The highest BCUT2D eigenvalue weighted by Crippen LogP contribution is 2.28. The largest absolute Gasteiger partial charge is 0.497 e. The van der Waals surface area contributed by atoms with E-state index in [1.54, 1.807) is 7.11 Å². The second-order valence-electron chi connectivity index (χ2n) is 7.03. The molecule has 1 amide bonds. The molecule has 2 aliphatic heterocycles. The van der Waals surface area contributed by atoms with Crippen LogP contribution in [0.4, 0.5) is 0 Å². The van der Waals surface area contributed by atoms with Gasteiger partial charge in [0.25, 0.3) is 0 Å². The van der Waals surface area contributed by atoms with Crippen molar-refractivity contribution < 1.29 is 9.53 Å². The minimum Gasteiger partial charge on any atom is -0.497 e. The Balaban J connectivity index is 1.57. The fourth-order valence-electron chi connectivity index (χ4n) is 3.86. The third kappa shape index (κ3) is 4.08. The van der Waals surface area contributed by atoms with Crippen molar-refractivity contribution in [2.24, 2.45) is 5.73 Å². The lowest BCUT2D eigenvalue weighted by atomic mass is 9.95. The van der Waals surface area contributed by atoms with Gasteiger partial charge in [-0.1, -0.05) is 25.0 Å². The van der Waals surface area contributed by atoms with Crippen LogP contribution < -0.4 is 10.5 Å². The van der Waals surface area contributed by atoms with Gasteiger partial charge in [-0.3, -0.25) is 9.69 Å². The van der Waals surface area contributed by atoms with Gasteiger partial charge in [-0.25, -0.2) is 0 Å². The van der Waals surface area contributed by atoms with Gasteiger partial charge in [0, 0.05) is 38.1 Å². The summed E-state index contributed by atoms with van der Waals surface area (Å²) in [7, 11) is 1.67. The molecular formula is C19H29N3O2. The van der Waals surface area contributed by atoms with Crippen LogP contribution in [0.5, 0.6) is 5.75 Å². The highest BCUT2D eigenvalue weighted by Gasteiger charge is 2.32. The molecule has 0 aromatic heterocycles. The van der Waals surface area contributed by atoms with E-state index in [0.717, 1.165) is 44.8 Å². The maximum Gasteiger partial charge on any atom is 0.236 e. The van der Waals surface area contributed by atoms with Crippen LogP contribution >= 0.6 is 0 Å². The first-order valence-electron chi connectivity index (χ1n) is 9.07. The Morgan fingerprint density at radius 1 is 1.12 bits per heavy atom. The zero-order chi connectivity index (χ0) is 16.9. The van der Waals surface area contributed by atoms with Crippen LogP contribution in [-0.4, -0.2) is 61.6 Å².